The number of rotatable bonds is 6. The lowest BCUT2D eigenvalue weighted by Gasteiger charge is -2.43. The molecule has 2 aliphatic rings. The molecule has 1 amide bonds. The summed E-state index contributed by atoms with van der Waals surface area (Å²) in [6.07, 6.45) is 8.19. The zero-order chi connectivity index (χ0) is 17.1. The van der Waals surface area contributed by atoms with E-state index in [0.717, 1.165) is 23.2 Å². The molecule has 2 fully saturated rings. The maximum atomic E-state index is 12.3. The fraction of sp³-hybridized carbons (Fsp3) is 0.409. The largest absolute Gasteiger partial charge is 0.382 e. The minimum Gasteiger partial charge on any atom is -0.382 e. The van der Waals surface area contributed by atoms with E-state index in [2.05, 4.69) is 22.8 Å². The van der Waals surface area contributed by atoms with Crippen LogP contribution in [0.15, 0.2) is 54.6 Å². The van der Waals surface area contributed by atoms with Crippen LogP contribution in [-0.2, 0) is 0 Å². The number of nitrogens with one attached hydrogen (secondary N) is 2. The Hall–Kier alpha value is -2.29. The Morgan fingerprint density at radius 1 is 0.840 bits per heavy atom. The third-order valence-corrected chi connectivity index (χ3v) is 5.81. The van der Waals surface area contributed by atoms with Crippen molar-refractivity contribution in [2.24, 2.45) is 11.8 Å². The van der Waals surface area contributed by atoms with Gasteiger partial charge in [0.05, 0.1) is 0 Å². The Morgan fingerprint density at radius 2 is 1.48 bits per heavy atom. The van der Waals surface area contributed by atoms with Crippen molar-refractivity contribution in [2.75, 3.05) is 10.6 Å². The summed E-state index contributed by atoms with van der Waals surface area (Å²) in [5.41, 5.74) is 2.65. The molecular formula is C22H26N2O. The molecule has 2 aliphatic carbocycles. The third-order valence-electron chi connectivity index (χ3n) is 5.81. The van der Waals surface area contributed by atoms with Gasteiger partial charge < -0.3 is 10.6 Å². The topological polar surface area (TPSA) is 41.1 Å². The van der Waals surface area contributed by atoms with Gasteiger partial charge in [0.2, 0.25) is 0 Å². The van der Waals surface area contributed by atoms with E-state index in [9.17, 15) is 4.79 Å². The third kappa shape index (κ3) is 3.71. The lowest BCUT2D eigenvalue weighted by atomic mass is 9.68. The molecule has 2 aromatic carbocycles. The first-order valence-corrected chi connectivity index (χ1v) is 9.52. The van der Waals surface area contributed by atoms with E-state index in [1.807, 2.05) is 42.5 Å². The predicted octanol–water partition coefficient (Wildman–Crippen LogP) is 5.32. The lowest BCUT2D eigenvalue weighted by Crippen LogP contribution is -2.42. The minimum atomic E-state index is -0.0627. The lowest BCUT2D eigenvalue weighted by molar-refractivity contribution is 0.102. The van der Waals surface area contributed by atoms with Crippen LogP contribution in [-0.4, -0.2) is 11.9 Å². The number of anilines is 2. The molecule has 4 rings (SSSR count). The van der Waals surface area contributed by atoms with Gasteiger partial charge >= 0.3 is 0 Å². The highest BCUT2D eigenvalue weighted by Crippen LogP contribution is 2.41. The van der Waals surface area contributed by atoms with Crippen molar-refractivity contribution in [3.05, 3.63) is 60.2 Å². The van der Waals surface area contributed by atoms with E-state index in [-0.39, 0.29) is 5.91 Å². The van der Waals surface area contributed by atoms with Gasteiger partial charge in [0.1, 0.15) is 0 Å². The number of hydrogen-bond acceptors (Lipinski definition) is 2. The molecule has 0 spiro atoms. The Balaban J connectivity index is 1.44. The molecule has 0 aromatic heterocycles. The zero-order valence-electron chi connectivity index (χ0n) is 14.6. The van der Waals surface area contributed by atoms with Crippen molar-refractivity contribution >= 4 is 17.3 Å². The molecule has 0 radical (unpaired) electrons. The second-order valence-electron chi connectivity index (χ2n) is 7.45. The Morgan fingerprint density at radius 3 is 2.08 bits per heavy atom. The van der Waals surface area contributed by atoms with E-state index in [1.54, 1.807) is 0 Å². The molecule has 2 aromatic rings. The first-order chi connectivity index (χ1) is 12.3. The standard InChI is InChI=1S/C22H26N2O/c25-22(18-7-2-1-3-8-18)24-20-14-6-13-19(15-20)23-21(16-9-4-10-16)17-11-5-12-17/h1-3,6-8,13-17,21,23H,4-5,9-12H2,(H,24,25). The van der Waals surface area contributed by atoms with Crippen LogP contribution in [0.3, 0.4) is 0 Å². The van der Waals surface area contributed by atoms with Crippen LogP contribution in [0, 0.1) is 11.8 Å². The Labute approximate surface area is 149 Å². The number of hydrogen-bond donors (Lipinski definition) is 2. The summed E-state index contributed by atoms with van der Waals surface area (Å²) in [5, 5.41) is 6.79. The zero-order valence-corrected chi connectivity index (χ0v) is 14.6. The highest BCUT2D eigenvalue weighted by atomic mass is 16.1. The van der Waals surface area contributed by atoms with Crippen LogP contribution in [0.2, 0.25) is 0 Å². The summed E-state index contributed by atoms with van der Waals surface area (Å²) < 4.78 is 0. The number of carbonyl (C=O) groups excluding carboxylic acids is 1. The summed E-state index contributed by atoms with van der Waals surface area (Å²) in [6, 6.07) is 18.1. The summed E-state index contributed by atoms with van der Waals surface area (Å²) in [7, 11) is 0. The molecule has 0 heterocycles. The molecule has 0 aliphatic heterocycles. The molecule has 0 unspecified atom stereocenters. The maximum Gasteiger partial charge on any atom is 0.255 e. The van der Waals surface area contributed by atoms with E-state index >= 15 is 0 Å². The van der Waals surface area contributed by atoms with E-state index < -0.39 is 0 Å². The molecule has 25 heavy (non-hydrogen) atoms. The highest BCUT2D eigenvalue weighted by Gasteiger charge is 2.36. The molecule has 3 heteroatoms. The van der Waals surface area contributed by atoms with Crippen LogP contribution in [0.5, 0.6) is 0 Å². The van der Waals surface area contributed by atoms with E-state index in [0.29, 0.717) is 11.6 Å². The van der Waals surface area contributed by atoms with Crippen molar-refractivity contribution in [2.45, 2.75) is 44.6 Å². The van der Waals surface area contributed by atoms with Crippen LogP contribution in [0.25, 0.3) is 0 Å². The summed E-state index contributed by atoms with van der Waals surface area (Å²) in [5.74, 6) is 1.59. The second-order valence-corrected chi connectivity index (χ2v) is 7.45. The van der Waals surface area contributed by atoms with Gasteiger partial charge in [0.25, 0.3) is 5.91 Å². The molecule has 0 saturated heterocycles. The SMILES string of the molecule is O=C(Nc1cccc(NC(C2CCC2)C2CCC2)c1)c1ccccc1. The highest BCUT2D eigenvalue weighted by molar-refractivity contribution is 6.04. The smallest absolute Gasteiger partial charge is 0.255 e. The van der Waals surface area contributed by atoms with Gasteiger partial charge in [0.15, 0.2) is 0 Å². The summed E-state index contributed by atoms with van der Waals surface area (Å²) >= 11 is 0. The summed E-state index contributed by atoms with van der Waals surface area (Å²) in [4.78, 5) is 12.3. The van der Waals surface area contributed by atoms with Crippen molar-refractivity contribution in [3.8, 4) is 0 Å². The number of carbonyl (C=O) groups is 1. The predicted molar refractivity (Wildman–Crippen MR) is 103 cm³/mol. The van der Waals surface area contributed by atoms with Gasteiger partial charge in [-0.2, -0.15) is 0 Å². The normalized spacial score (nSPS) is 17.6. The maximum absolute atomic E-state index is 12.3. The Kier molecular flexibility index (Phi) is 4.73. The van der Waals surface area contributed by atoms with Gasteiger partial charge in [-0.05, 0) is 67.9 Å². The fourth-order valence-corrected chi connectivity index (χ4v) is 3.89. The Bertz CT molecular complexity index is 706. The quantitative estimate of drug-likeness (QED) is 0.750. The van der Waals surface area contributed by atoms with Crippen molar-refractivity contribution in [1.82, 2.24) is 0 Å². The van der Waals surface area contributed by atoms with Crippen molar-refractivity contribution in [1.29, 1.82) is 0 Å². The molecule has 2 saturated carbocycles. The van der Waals surface area contributed by atoms with Gasteiger partial charge in [-0.15, -0.1) is 0 Å². The van der Waals surface area contributed by atoms with Crippen molar-refractivity contribution in [3.63, 3.8) is 0 Å². The van der Waals surface area contributed by atoms with Crippen LogP contribution >= 0.6 is 0 Å². The first kappa shape index (κ1) is 16.2. The van der Waals surface area contributed by atoms with E-state index in [1.165, 1.54) is 38.5 Å². The van der Waals surface area contributed by atoms with Crippen LogP contribution in [0.1, 0.15) is 48.9 Å². The summed E-state index contributed by atoms with van der Waals surface area (Å²) in [6.45, 7) is 0. The number of amides is 1. The molecule has 2 N–H and O–H groups in total. The van der Waals surface area contributed by atoms with Gasteiger partial charge in [-0.3, -0.25) is 4.79 Å². The average molecular weight is 334 g/mol. The van der Waals surface area contributed by atoms with Crippen molar-refractivity contribution < 1.29 is 4.79 Å². The van der Waals surface area contributed by atoms with Crippen LogP contribution < -0.4 is 10.6 Å². The molecule has 0 bridgehead atoms. The monoisotopic (exact) mass is 334 g/mol. The fourth-order valence-electron chi connectivity index (χ4n) is 3.89. The average Bonchev–Trinajstić information content (AvgIpc) is 2.53. The first-order valence-electron chi connectivity index (χ1n) is 9.52. The minimum absolute atomic E-state index is 0.0627. The van der Waals surface area contributed by atoms with Gasteiger partial charge in [-0.25, -0.2) is 0 Å². The second kappa shape index (κ2) is 7.30. The number of benzene rings is 2. The molecule has 3 nitrogen and oxygen atoms in total. The molecule has 0 atom stereocenters. The molecule has 130 valence electrons. The van der Waals surface area contributed by atoms with E-state index in [4.69, 9.17) is 0 Å². The van der Waals surface area contributed by atoms with Gasteiger partial charge in [0, 0.05) is 23.0 Å². The molecular weight excluding hydrogens is 308 g/mol. The van der Waals surface area contributed by atoms with Crippen LogP contribution in [0.4, 0.5) is 11.4 Å². The van der Waals surface area contributed by atoms with Gasteiger partial charge in [-0.1, -0.05) is 37.1 Å².